The maximum absolute atomic E-state index is 14.2. The lowest BCUT2D eigenvalue weighted by Crippen LogP contribution is -2.55. The van der Waals surface area contributed by atoms with Crippen molar-refractivity contribution in [3.05, 3.63) is 54.6 Å². The molecule has 4 rings (SSSR count). The van der Waals surface area contributed by atoms with Gasteiger partial charge in [-0.15, -0.1) is 24.9 Å². The summed E-state index contributed by atoms with van der Waals surface area (Å²) in [7, 11) is 0. The van der Waals surface area contributed by atoms with E-state index in [2.05, 4.69) is 13.2 Å². The average Bonchev–Trinajstić information content (AvgIpc) is 3.51. The molecule has 2 unspecified atom stereocenters. The van der Waals surface area contributed by atoms with Gasteiger partial charge in [-0.1, -0.05) is 23.8 Å². The van der Waals surface area contributed by atoms with E-state index in [0.717, 1.165) is 25.7 Å². The quantitative estimate of drug-likeness (QED) is 0.250. The number of thioether (sulfide) groups is 1. The number of aliphatic hydroxyl groups is 1. The second-order valence-corrected chi connectivity index (χ2v) is 11.5. The number of carbonyl (C=O) groups is 3. The molecule has 3 heterocycles. The van der Waals surface area contributed by atoms with E-state index in [9.17, 15) is 19.5 Å². The molecule has 36 heavy (non-hydrogen) atoms. The molecular weight excluding hydrogens is 500 g/mol. The number of hydrogen-bond donors (Lipinski definition) is 1. The molecule has 9 heteroatoms. The minimum Gasteiger partial charge on any atom is -0.465 e. The molecule has 0 saturated carbocycles. The van der Waals surface area contributed by atoms with Crippen molar-refractivity contribution in [2.45, 2.75) is 48.1 Å². The average molecular weight is 533 g/mol. The first-order chi connectivity index (χ1) is 17.4. The van der Waals surface area contributed by atoms with Crippen molar-refractivity contribution in [2.75, 3.05) is 31.2 Å². The zero-order valence-electron chi connectivity index (χ0n) is 20.3. The number of amides is 2. The van der Waals surface area contributed by atoms with E-state index in [0.29, 0.717) is 23.7 Å². The lowest BCUT2D eigenvalue weighted by molar-refractivity contribution is -0.154. The van der Waals surface area contributed by atoms with Gasteiger partial charge < -0.3 is 19.6 Å². The number of unbranched alkanes of at least 4 members (excludes halogenated alkanes) is 2. The Morgan fingerprint density at radius 3 is 2.67 bits per heavy atom. The zero-order chi connectivity index (χ0) is 25.9. The van der Waals surface area contributed by atoms with E-state index < -0.39 is 22.6 Å². The highest BCUT2D eigenvalue weighted by Crippen LogP contribution is 2.66. The van der Waals surface area contributed by atoms with Gasteiger partial charge in [0.15, 0.2) is 0 Å². The van der Waals surface area contributed by atoms with Gasteiger partial charge >= 0.3 is 5.97 Å². The lowest BCUT2D eigenvalue weighted by atomic mass is 9.71. The summed E-state index contributed by atoms with van der Waals surface area (Å²) in [6.45, 7) is 7.83. The fraction of sp³-hybridized carbons (Fsp3) is 0.519. The highest BCUT2D eigenvalue weighted by atomic mass is 35.5. The number of rotatable bonds is 12. The lowest BCUT2D eigenvalue weighted by Gasteiger charge is -2.37. The van der Waals surface area contributed by atoms with E-state index in [1.54, 1.807) is 47.0 Å². The first-order valence-corrected chi connectivity index (χ1v) is 13.7. The first kappa shape index (κ1) is 26.8. The summed E-state index contributed by atoms with van der Waals surface area (Å²) < 4.78 is 4.88. The van der Waals surface area contributed by atoms with Crippen molar-refractivity contribution in [3.8, 4) is 0 Å². The van der Waals surface area contributed by atoms with E-state index in [4.69, 9.17) is 16.3 Å². The third kappa shape index (κ3) is 4.71. The van der Waals surface area contributed by atoms with Crippen molar-refractivity contribution in [2.24, 2.45) is 11.8 Å². The van der Waals surface area contributed by atoms with E-state index in [1.807, 2.05) is 6.08 Å². The smallest absolute Gasteiger partial charge is 0.310 e. The van der Waals surface area contributed by atoms with Crippen LogP contribution in [-0.4, -0.2) is 70.1 Å². The number of aliphatic hydroxyl groups excluding tert-OH is 1. The third-order valence-corrected chi connectivity index (χ3v) is 9.61. The van der Waals surface area contributed by atoms with Crippen molar-refractivity contribution in [1.82, 2.24) is 4.90 Å². The topological polar surface area (TPSA) is 87.1 Å². The van der Waals surface area contributed by atoms with Crippen LogP contribution in [0.2, 0.25) is 5.02 Å². The molecule has 3 fully saturated rings. The van der Waals surface area contributed by atoms with Crippen LogP contribution in [0.5, 0.6) is 0 Å². The molecule has 3 aliphatic heterocycles. The number of allylic oxidation sites excluding steroid dienone is 1. The molecule has 194 valence electrons. The van der Waals surface area contributed by atoms with E-state index >= 15 is 0 Å². The number of likely N-dealkylation sites (tertiary alicyclic amines) is 1. The molecule has 3 aliphatic rings. The minimum atomic E-state index is -0.793. The Morgan fingerprint density at radius 2 is 2.00 bits per heavy atom. The monoisotopic (exact) mass is 532 g/mol. The molecular formula is C27H33ClN2O5S. The number of fused-ring (bicyclic) bond motifs is 1. The summed E-state index contributed by atoms with van der Waals surface area (Å²) in [5.74, 6) is -2.08. The number of esters is 1. The molecule has 0 radical (unpaired) electrons. The van der Waals surface area contributed by atoms with Crippen LogP contribution in [0.3, 0.4) is 0 Å². The van der Waals surface area contributed by atoms with Crippen LogP contribution in [0.4, 0.5) is 5.69 Å². The van der Waals surface area contributed by atoms with Crippen LogP contribution in [-0.2, 0) is 19.1 Å². The number of halogens is 1. The van der Waals surface area contributed by atoms with Crippen molar-refractivity contribution in [3.63, 3.8) is 0 Å². The number of carbonyl (C=O) groups excluding carboxylic acids is 3. The Hall–Kier alpha value is -2.29. The van der Waals surface area contributed by atoms with Gasteiger partial charge in [-0.3, -0.25) is 14.4 Å². The highest BCUT2D eigenvalue weighted by molar-refractivity contribution is 8.02. The minimum absolute atomic E-state index is 0.0323. The van der Waals surface area contributed by atoms with Crippen molar-refractivity contribution < 1.29 is 24.2 Å². The summed E-state index contributed by atoms with van der Waals surface area (Å²) >= 11 is 7.64. The standard InChI is InChI=1S/C27H33ClN2O5S/c1-3-5-6-7-17-35-26(34)21-20-12-13-27(36-20)22(21)24(32)30(15-16-31)23(27)25(33)29(14-4-2)19-10-8-18(28)9-11-19/h3-4,8-11,20-23,31H,1-2,5-7,12-17H2/t20-,21+,22+,23?,27?/m1/s1. The van der Waals surface area contributed by atoms with Crippen molar-refractivity contribution >= 4 is 46.8 Å². The number of hydrogen-bond acceptors (Lipinski definition) is 6. The molecule has 1 aromatic rings. The Balaban J connectivity index is 1.63. The van der Waals surface area contributed by atoms with Crippen LogP contribution >= 0.6 is 23.4 Å². The van der Waals surface area contributed by atoms with Gasteiger partial charge in [-0.2, -0.15) is 0 Å². The van der Waals surface area contributed by atoms with Gasteiger partial charge in [-0.25, -0.2) is 0 Å². The summed E-state index contributed by atoms with van der Waals surface area (Å²) in [5, 5.41) is 10.3. The Bertz CT molecular complexity index is 1020. The molecule has 1 N–H and O–H groups in total. The summed E-state index contributed by atoms with van der Waals surface area (Å²) in [6, 6.07) is 6.15. The van der Waals surface area contributed by atoms with E-state index in [-0.39, 0.29) is 42.7 Å². The number of benzene rings is 1. The molecule has 7 nitrogen and oxygen atoms in total. The molecule has 5 atom stereocenters. The van der Waals surface area contributed by atoms with Gasteiger partial charge in [0, 0.05) is 29.0 Å². The van der Waals surface area contributed by atoms with Gasteiger partial charge in [0.25, 0.3) is 5.91 Å². The SMILES string of the molecule is C=CCCCCOC(=O)[C@@H]1[C@H]2C(=O)N(CCO)C(C(=O)N(CC=C)c3ccc(Cl)cc3)C23CC[C@H]1S3. The summed E-state index contributed by atoms with van der Waals surface area (Å²) in [4.78, 5) is 44.2. The predicted octanol–water partition coefficient (Wildman–Crippen LogP) is 3.84. The normalized spacial score (nSPS) is 28.2. The van der Waals surface area contributed by atoms with Crippen molar-refractivity contribution in [1.29, 1.82) is 0 Å². The number of ether oxygens (including phenoxy) is 1. The Morgan fingerprint density at radius 1 is 1.25 bits per heavy atom. The number of β-amino-alcohol motifs (C(OH)–C–C–N with tert-alkyl or cyclic N) is 1. The maximum Gasteiger partial charge on any atom is 0.310 e. The Kier molecular flexibility index (Phi) is 8.48. The molecule has 0 aliphatic carbocycles. The third-order valence-electron chi connectivity index (χ3n) is 7.41. The molecule has 2 bridgehead atoms. The van der Waals surface area contributed by atoms with Gasteiger partial charge in [0.2, 0.25) is 5.91 Å². The van der Waals surface area contributed by atoms with Gasteiger partial charge in [0.05, 0.1) is 29.8 Å². The van der Waals surface area contributed by atoms with Crippen LogP contribution in [0.15, 0.2) is 49.6 Å². The fourth-order valence-corrected chi connectivity index (χ4v) is 8.26. The summed E-state index contributed by atoms with van der Waals surface area (Å²) in [5.41, 5.74) is 0.647. The molecule has 0 aromatic heterocycles. The first-order valence-electron chi connectivity index (χ1n) is 12.4. The van der Waals surface area contributed by atoms with Gasteiger partial charge in [0.1, 0.15) is 6.04 Å². The van der Waals surface area contributed by atoms with Gasteiger partial charge in [-0.05, 0) is 56.4 Å². The van der Waals surface area contributed by atoms with Crippen LogP contribution < -0.4 is 4.90 Å². The number of anilines is 1. The molecule has 2 amide bonds. The second-order valence-electron chi connectivity index (χ2n) is 9.48. The van der Waals surface area contributed by atoms with Crippen LogP contribution in [0.25, 0.3) is 0 Å². The predicted molar refractivity (Wildman–Crippen MR) is 142 cm³/mol. The fourth-order valence-electron chi connectivity index (χ4n) is 5.93. The zero-order valence-corrected chi connectivity index (χ0v) is 21.9. The number of nitrogens with zero attached hydrogens (tertiary/aromatic N) is 2. The van der Waals surface area contributed by atoms with E-state index in [1.165, 1.54) is 4.90 Å². The maximum atomic E-state index is 14.2. The Labute approximate surface area is 221 Å². The molecule has 1 spiro atoms. The van der Waals surface area contributed by atoms with Crippen LogP contribution in [0.1, 0.15) is 32.1 Å². The highest BCUT2D eigenvalue weighted by Gasteiger charge is 2.74. The largest absolute Gasteiger partial charge is 0.465 e. The van der Waals surface area contributed by atoms with Crippen LogP contribution in [0, 0.1) is 11.8 Å². The molecule has 1 aromatic carbocycles. The molecule has 3 saturated heterocycles. The summed E-state index contributed by atoms with van der Waals surface area (Å²) in [6.07, 6.45) is 7.35. The second kappa shape index (κ2) is 11.4.